The Labute approximate surface area is 281 Å². The van der Waals surface area contributed by atoms with Gasteiger partial charge in [0, 0.05) is 17.3 Å². The Morgan fingerprint density at radius 3 is 1.12 bits per heavy atom. The fourth-order valence-corrected chi connectivity index (χ4v) is 6.23. The predicted octanol–water partition coefficient (Wildman–Crippen LogP) is 12.1. The standard InChI is InChI=1S/C46H32N2/c1-4-12-33(13-5-1)42-30-43(34-14-6-2-7-15-34)32-44(31-42)36-24-22-35(23-25-36)38-18-10-19-39(28-38)40-20-11-21-41(29-40)45-26-27-47-46(48-45)37-16-8-3-9-17-37/h1-32H. The topological polar surface area (TPSA) is 25.8 Å². The summed E-state index contributed by atoms with van der Waals surface area (Å²) < 4.78 is 0. The highest BCUT2D eigenvalue weighted by Crippen LogP contribution is 2.35. The zero-order chi connectivity index (χ0) is 32.1. The van der Waals surface area contributed by atoms with Gasteiger partial charge in [-0.05, 0) is 92.0 Å². The molecule has 2 nitrogen and oxygen atoms in total. The molecule has 1 heterocycles. The maximum absolute atomic E-state index is 4.88. The number of hydrogen-bond donors (Lipinski definition) is 0. The van der Waals surface area contributed by atoms with Crippen molar-refractivity contribution in [1.29, 1.82) is 0 Å². The molecule has 0 saturated heterocycles. The van der Waals surface area contributed by atoms with Crippen molar-refractivity contribution in [2.24, 2.45) is 0 Å². The van der Waals surface area contributed by atoms with Crippen molar-refractivity contribution in [1.82, 2.24) is 9.97 Å². The second kappa shape index (κ2) is 13.2. The van der Waals surface area contributed by atoms with Crippen LogP contribution in [0.25, 0.3) is 78.3 Å². The molecule has 0 radical (unpaired) electrons. The van der Waals surface area contributed by atoms with Crippen LogP contribution in [0, 0.1) is 0 Å². The Balaban J connectivity index is 1.09. The average molecular weight is 613 g/mol. The van der Waals surface area contributed by atoms with Crippen LogP contribution in [-0.4, -0.2) is 9.97 Å². The number of hydrogen-bond acceptors (Lipinski definition) is 2. The highest BCUT2D eigenvalue weighted by molar-refractivity contribution is 5.83. The van der Waals surface area contributed by atoms with E-state index in [0.717, 1.165) is 28.2 Å². The molecule has 0 aliphatic heterocycles. The number of rotatable bonds is 7. The van der Waals surface area contributed by atoms with E-state index in [1.807, 2.05) is 42.6 Å². The fraction of sp³-hybridized carbons (Fsp3) is 0. The van der Waals surface area contributed by atoms with Gasteiger partial charge in [0.2, 0.25) is 0 Å². The second-order valence-corrected chi connectivity index (χ2v) is 11.9. The third-order valence-corrected chi connectivity index (χ3v) is 8.74. The molecule has 8 rings (SSSR count). The van der Waals surface area contributed by atoms with Crippen LogP contribution in [0.2, 0.25) is 0 Å². The molecule has 0 amide bonds. The van der Waals surface area contributed by atoms with Gasteiger partial charge in [-0.15, -0.1) is 0 Å². The van der Waals surface area contributed by atoms with Crippen molar-refractivity contribution in [2.45, 2.75) is 0 Å². The molecule has 226 valence electrons. The Hall–Kier alpha value is -6.38. The Bertz CT molecular complexity index is 2250. The average Bonchev–Trinajstić information content (AvgIpc) is 3.19. The lowest BCUT2D eigenvalue weighted by atomic mass is 9.92. The molecule has 48 heavy (non-hydrogen) atoms. The van der Waals surface area contributed by atoms with Gasteiger partial charge in [-0.3, -0.25) is 0 Å². The van der Waals surface area contributed by atoms with Crippen LogP contribution in [-0.2, 0) is 0 Å². The zero-order valence-electron chi connectivity index (χ0n) is 26.4. The highest BCUT2D eigenvalue weighted by atomic mass is 14.9. The third kappa shape index (κ3) is 6.20. The fourth-order valence-electron chi connectivity index (χ4n) is 6.23. The maximum atomic E-state index is 4.88. The monoisotopic (exact) mass is 612 g/mol. The quantitative estimate of drug-likeness (QED) is 0.179. The first-order valence-electron chi connectivity index (χ1n) is 16.2. The molecule has 0 atom stereocenters. The third-order valence-electron chi connectivity index (χ3n) is 8.74. The van der Waals surface area contributed by atoms with Crippen LogP contribution in [0.15, 0.2) is 194 Å². The van der Waals surface area contributed by atoms with E-state index in [1.54, 1.807) is 0 Å². The van der Waals surface area contributed by atoms with E-state index in [-0.39, 0.29) is 0 Å². The number of aromatic nitrogens is 2. The Morgan fingerprint density at radius 2 is 0.604 bits per heavy atom. The largest absolute Gasteiger partial charge is 0.237 e. The summed E-state index contributed by atoms with van der Waals surface area (Å²) in [6.45, 7) is 0. The molecule has 0 N–H and O–H groups in total. The Morgan fingerprint density at radius 1 is 0.250 bits per heavy atom. The van der Waals surface area contributed by atoms with E-state index in [1.165, 1.54) is 50.1 Å². The minimum absolute atomic E-state index is 0.729. The summed E-state index contributed by atoms with van der Waals surface area (Å²) in [5.74, 6) is 0.729. The van der Waals surface area contributed by atoms with Crippen molar-refractivity contribution in [2.75, 3.05) is 0 Å². The van der Waals surface area contributed by atoms with Crippen LogP contribution in [0.4, 0.5) is 0 Å². The SMILES string of the molecule is c1ccc(-c2cc(-c3ccccc3)cc(-c3ccc(-c4cccc(-c5cccc(-c6ccnc(-c7ccccc7)n6)c5)c4)cc3)c2)cc1. The summed E-state index contributed by atoms with van der Waals surface area (Å²) in [7, 11) is 0. The molecular weight excluding hydrogens is 581 g/mol. The van der Waals surface area contributed by atoms with E-state index in [9.17, 15) is 0 Å². The van der Waals surface area contributed by atoms with E-state index < -0.39 is 0 Å². The molecule has 0 saturated carbocycles. The lowest BCUT2D eigenvalue weighted by Gasteiger charge is -2.12. The van der Waals surface area contributed by atoms with Gasteiger partial charge in [0.15, 0.2) is 5.82 Å². The van der Waals surface area contributed by atoms with Gasteiger partial charge in [-0.1, -0.05) is 152 Å². The van der Waals surface area contributed by atoms with Crippen LogP contribution >= 0.6 is 0 Å². The van der Waals surface area contributed by atoms with Crippen LogP contribution in [0.3, 0.4) is 0 Å². The predicted molar refractivity (Wildman–Crippen MR) is 200 cm³/mol. The minimum atomic E-state index is 0.729. The zero-order valence-corrected chi connectivity index (χ0v) is 26.4. The maximum Gasteiger partial charge on any atom is 0.159 e. The van der Waals surface area contributed by atoms with Crippen molar-refractivity contribution in [3.63, 3.8) is 0 Å². The molecule has 0 fully saturated rings. The van der Waals surface area contributed by atoms with Gasteiger partial charge in [0.05, 0.1) is 5.69 Å². The van der Waals surface area contributed by atoms with Crippen molar-refractivity contribution in [3.05, 3.63) is 194 Å². The molecule has 2 heteroatoms. The molecular formula is C46H32N2. The smallest absolute Gasteiger partial charge is 0.159 e. The highest BCUT2D eigenvalue weighted by Gasteiger charge is 2.10. The van der Waals surface area contributed by atoms with Gasteiger partial charge in [-0.2, -0.15) is 0 Å². The number of benzene rings is 7. The molecule has 0 aliphatic rings. The number of nitrogens with zero attached hydrogens (tertiary/aromatic N) is 2. The van der Waals surface area contributed by atoms with E-state index >= 15 is 0 Å². The van der Waals surface area contributed by atoms with Crippen LogP contribution in [0.1, 0.15) is 0 Å². The van der Waals surface area contributed by atoms with Crippen LogP contribution in [0.5, 0.6) is 0 Å². The van der Waals surface area contributed by atoms with Gasteiger partial charge < -0.3 is 0 Å². The molecule has 0 aliphatic carbocycles. The summed E-state index contributed by atoms with van der Waals surface area (Å²) in [6.07, 6.45) is 1.84. The van der Waals surface area contributed by atoms with Crippen molar-refractivity contribution < 1.29 is 0 Å². The molecule has 1 aromatic heterocycles. The lowest BCUT2D eigenvalue weighted by Crippen LogP contribution is -1.91. The molecule has 7 aromatic carbocycles. The first-order valence-corrected chi connectivity index (χ1v) is 16.2. The molecule has 0 spiro atoms. The first-order chi connectivity index (χ1) is 23.8. The molecule has 8 aromatic rings. The van der Waals surface area contributed by atoms with Gasteiger partial charge in [0.25, 0.3) is 0 Å². The molecule has 0 bridgehead atoms. The minimum Gasteiger partial charge on any atom is -0.237 e. The van der Waals surface area contributed by atoms with Crippen LogP contribution < -0.4 is 0 Å². The van der Waals surface area contributed by atoms with Crippen molar-refractivity contribution >= 4 is 0 Å². The van der Waals surface area contributed by atoms with Gasteiger partial charge >= 0.3 is 0 Å². The molecule has 0 unspecified atom stereocenters. The summed E-state index contributed by atoms with van der Waals surface area (Å²) in [5, 5.41) is 0. The summed E-state index contributed by atoms with van der Waals surface area (Å²) in [6, 6.07) is 66.5. The lowest BCUT2D eigenvalue weighted by molar-refractivity contribution is 1.18. The van der Waals surface area contributed by atoms with E-state index in [0.29, 0.717) is 0 Å². The van der Waals surface area contributed by atoms with E-state index in [4.69, 9.17) is 4.98 Å². The van der Waals surface area contributed by atoms with Crippen molar-refractivity contribution in [3.8, 4) is 78.3 Å². The summed E-state index contributed by atoms with van der Waals surface area (Å²) in [4.78, 5) is 9.39. The van der Waals surface area contributed by atoms with Gasteiger partial charge in [-0.25, -0.2) is 9.97 Å². The second-order valence-electron chi connectivity index (χ2n) is 11.9. The van der Waals surface area contributed by atoms with Gasteiger partial charge in [0.1, 0.15) is 0 Å². The first kappa shape index (κ1) is 29.1. The Kier molecular flexibility index (Phi) is 7.96. The van der Waals surface area contributed by atoms with E-state index in [2.05, 4.69) is 157 Å². The summed E-state index contributed by atoms with van der Waals surface area (Å²) >= 11 is 0. The summed E-state index contributed by atoms with van der Waals surface area (Å²) in [5.41, 5.74) is 14.9. The normalized spacial score (nSPS) is 10.9.